The first-order valence-electron chi connectivity index (χ1n) is 12.8. The molecule has 3 aromatic rings. The largest absolute Gasteiger partial charge is 0.481 e. The molecule has 2 aliphatic carbocycles. The Labute approximate surface area is 234 Å². The molecule has 0 bridgehead atoms. The summed E-state index contributed by atoms with van der Waals surface area (Å²) in [6.45, 7) is 0. The van der Waals surface area contributed by atoms with E-state index in [9.17, 15) is 19.5 Å². The van der Waals surface area contributed by atoms with Gasteiger partial charge < -0.3 is 20.3 Å². The number of carbonyl (C=O) groups excluding carboxylic acids is 1. The second-order valence-corrected chi connectivity index (χ2v) is 10.4. The van der Waals surface area contributed by atoms with Crippen molar-refractivity contribution in [3.63, 3.8) is 0 Å². The van der Waals surface area contributed by atoms with Crippen LogP contribution in [0.1, 0.15) is 67.3 Å². The number of aryl methyl sites for hydroxylation is 1. The van der Waals surface area contributed by atoms with Gasteiger partial charge in [-0.05, 0) is 43.4 Å². The van der Waals surface area contributed by atoms with Gasteiger partial charge in [0.15, 0.2) is 5.69 Å². The Morgan fingerprint density at radius 3 is 2.35 bits per heavy atom. The molecule has 12 heteroatoms. The van der Waals surface area contributed by atoms with Crippen LogP contribution in [0.5, 0.6) is 0 Å². The predicted octanol–water partition coefficient (Wildman–Crippen LogP) is 4.01. The van der Waals surface area contributed by atoms with Gasteiger partial charge in [-0.3, -0.25) is 19.8 Å². The summed E-state index contributed by atoms with van der Waals surface area (Å²) in [4.78, 5) is 43.4. The van der Waals surface area contributed by atoms with E-state index in [2.05, 4.69) is 4.98 Å². The number of carboxylic acid groups (broad SMARTS) is 1. The maximum atomic E-state index is 15.6. The number of aliphatic carboxylic acids is 1. The fraction of sp³-hybridized carbons (Fsp3) is 0.393. The van der Waals surface area contributed by atoms with Crippen LogP contribution in [0.3, 0.4) is 0 Å². The van der Waals surface area contributed by atoms with E-state index >= 15 is 8.78 Å². The Bertz CT molecular complexity index is 1550. The normalized spacial score (nSPS) is 16.4. The quantitative estimate of drug-likeness (QED) is 0.211. The highest BCUT2D eigenvalue weighted by molar-refractivity contribution is 5.95. The fourth-order valence-corrected chi connectivity index (χ4v) is 5.78. The van der Waals surface area contributed by atoms with Crippen molar-refractivity contribution in [2.75, 3.05) is 0 Å². The highest BCUT2D eigenvalue weighted by atomic mass is 35.5. The van der Waals surface area contributed by atoms with Crippen LogP contribution in [0.4, 0.5) is 8.78 Å². The number of nitrogens with zero attached hydrogens (tertiary/aromatic N) is 3. The van der Waals surface area contributed by atoms with E-state index in [-0.39, 0.29) is 35.4 Å². The van der Waals surface area contributed by atoms with Gasteiger partial charge in [0.1, 0.15) is 12.3 Å². The molecule has 5 rings (SSSR count). The summed E-state index contributed by atoms with van der Waals surface area (Å²) in [5.74, 6) is -5.64. The summed E-state index contributed by atoms with van der Waals surface area (Å²) in [7, 11) is 1.40. The lowest BCUT2D eigenvalue weighted by molar-refractivity contribution is -0.147. The van der Waals surface area contributed by atoms with E-state index < -0.39 is 46.6 Å². The van der Waals surface area contributed by atoms with Crippen molar-refractivity contribution in [3.05, 3.63) is 75.2 Å². The second kappa shape index (κ2) is 10.6. The molecular weight excluding hydrogens is 544 g/mol. The number of amides is 1. The van der Waals surface area contributed by atoms with Gasteiger partial charge in [0.05, 0.1) is 16.6 Å². The third-order valence-corrected chi connectivity index (χ3v) is 7.92. The predicted molar refractivity (Wildman–Crippen MR) is 147 cm³/mol. The topological polar surface area (TPSA) is 142 Å². The molecule has 1 aromatic heterocycles. The first kappa shape index (κ1) is 29.1. The van der Waals surface area contributed by atoms with Crippen LogP contribution in [0.15, 0.2) is 47.3 Å². The molecule has 40 heavy (non-hydrogen) atoms. The Kier molecular flexibility index (Phi) is 7.72. The van der Waals surface area contributed by atoms with Gasteiger partial charge in [-0.1, -0.05) is 43.2 Å². The number of carboxylic acids is 1. The van der Waals surface area contributed by atoms with Crippen LogP contribution in [0, 0.1) is 5.41 Å². The molecule has 0 unspecified atom stereocenters. The number of benzene rings is 2. The van der Waals surface area contributed by atoms with Crippen molar-refractivity contribution >= 4 is 41.2 Å². The van der Waals surface area contributed by atoms with Crippen molar-refractivity contribution < 1.29 is 23.5 Å². The van der Waals surface area contributed by atoms with Gasteiger partial charge in [-0.2, -0.15) is 8.78 Å². The molecule has 2 aromatic carbocycles. The lowest BCUT2D eigenvalue weighted by Crippen LogP contribution is -2.47. The number of nitrogens with one attached hydrogen (secondary N) is 1. The van der Waals surface area contributed by atoms with Crippen LogP contribution in [-0.4, -0.2) is 43.3 Å². The minimum atomic E-state index is -3.72. The Morgan fingerprint density at radius 2 is 1.80 bits per heavy atom. The summed E-state index contributed by atoms with van der Waals surface area (Å²) >= 11 is 0. The average Bonchev–Trinajstić information content (AvgIpc) is 3.50. The molecule has 0 saturated heterocycles. The van der Waals surface area contributed by atoms with E-state index in [1.165, 1.54) is 19.2 Å². The van der Waals surface area contributed by atoms with Crippen LogP contribution >= 0.6 is 12.4 Å². The maximum absolute atomic E-state index is 15.6. The molecule has 1 heterocycles. The van der Waals surface area contributed by atoms with E-state index in [4.69, 9.17) is 11.1 Å². The zero-order valence-electron chi connectivity index (χ0n) is 21.8. The summed E-state index contributed by atoms with van der Waals surface area (Å²) in [5.41, 5.74) is 3.85. The molecule has 212 valence electrons. The van der Waals surface area contributed by atoms with Gasteiger partial charge in [-0.25, -0.2) is 4.98 Å². The van der Waals surface area contributed by atoms with Crippen LogP contribution < -0.4 is 11.3 Å². The number of hydrogen-bond acceptors (Lipinski definition) is 5. The van der Waals surface area contributed by atoms with Crippen molar-refractivity contribution in [1.82, 2.24) is 14.5 Å². The Morgan fingerprint density at radius 1 is 1.18 bits per heavy atom. The molecule has 2 saturated carbocycles. The van der Waals surface area contributed by atoms with Crippen molar-refractivity contribution in [2.24, 2.45) is 12.8 Å². The second-order valence-electron chi connectivity index (χ2n) is 10.4. The fourth-order valence-electron chi connectivity index (χ4n) is 5.78. The van der Waals surface area contributed by atoms with Gasteiger partial charge in [0.2, 0.25) is 5.91 Å². The molecule has 0 radical (unpaired) electrons. The van der Waals surface area contributed by atoms with Crippen molar-refractivity contribution in [1.29, 1.82) is 5.41 Å². The van der Waals surface area contributed by atoms with Gasteiger partial charge in [0.25, 0.3) is 5.56 Å². The number of aromatic nitrogens is 2. The number of nitrogens with two attached hydrogens (primary N) is 1. The molecule has 9 nitrogen and oxygen atoms in total. The number of alkyl halides is 2. The molecule has 2 aliphatic rings. The highest BCUT2D eigenvalue weighted by Gasteiger charge is 2.54. The summed E-state index contributed by atoms with van der Waals surface area (Å²) < 4.78 is 32.4. The molecule has 1 amide bonds. The SMILES string of the molecule is Cl.Cn1c(=O)c(C(F)(F)c2ccc(C(=N)N)cc2)nc2cc(C3(N(C(=O)CC(=O)O)C4CCCC4)CC3)ccc21. The smallest absolute Gasteiger partial charge is 0.320 e. The number of fused-ring (bicyclic) bond motifs is 1. The third-order valence-electron chi connectivity index (χ3n) is 7.92. The van der Waals surface area contributed by atoms with Gasteiger partial charge >= 0.3 is 11.9 Å². The minimum absolute atomic E-state index is 0. The lowest BCUT2D eigenvalue weighted by atomic mass is 9.98. The molecule has 4 N–H and O–H groups in total. The number of nitrogen functional groups attached to an aromatic ring is 1. The lowest BCUT2D eigenvalue weighted by Gasteiger charge is -2.37. The Balaban J connectivity index is 0.00000370. The molecular formula is C28H30ClF2N5O4. The molecule has 0 aliphatic heterocycles. The van der Waals surface area contributed by atoms with Crippen molar-refractivity contribution in [3.8, 4) is 0 Å². The maximum Gasteiger partial charge on any atom is 0.320 e. The number of amidine groups is 1. The molecule has 0 atom stereocenters. The van der Waals surface area contributed by atoms with E-state index in [1.54, 1.807) is 23.1 Å². The van der Waals surface area contributed by atoms with E-state index in [0.29, 0.717) is 23.9 Å². The standard InChI is InChI=1S/C28H29F2N5O4.ClH/c1-34-21-11-10-18(27(12-13-27)35(19-4-2-3-5-19)22(36)15-23(37)38)14-20(21)33-24(26(34)39)28(29,30)17-8-6-16(7-9-17)25(31)32;/h6-11,14,19H,2-5,12-13,15H2,1H3,(H3,31,32)(H,37,38);1H. The summed E-state index contributed by atoms with van der Waals surface area (Å²) in [6.07, 6.45) is 4.10. The summed E-state index contributed by atoms with van der Waals surface area (Å²) in [6, 6.07) is 9.77. The minimum Gasteiger partial charge on any atom is -0.481 e. The first-order valence-corrected chi connectivity index (χ1v) is 12.8. The zero-order valence-corrected chi connectivity index (χ0v) is 22.6. The number of hydrogen-bond donors (Lipinski definition) is 3. The van der Waals surface area contributed by atoms with Crippen molar-refractivity contribution in [2.45, 2.75) is 62.4 Å². The molecule has 2 fully saturated rings. The summed E-state index contributed by atoms with van der Waals surface area (Å²) in [5, 5.41) is 16.8. The molecule has 0 spiro atoms. The Hall–Kier alpha value is -3.86. The van der Waals surface area contributed by atoms with Gasteiger partial charge in [0, 0.05) is 24.2 Å². The van der Waals surface area contributed by atoms with Gasteiger partial charge in [-0.15, -0.1) is 12.4 Å². The first-order chi connectivity index (χ1) is 18.5. The van der Waals surface area contributed by atoms with E-state index in [1.807, 2.05) is 0 Å². The number of halogens is 3. The van der Waals surface area contributed by atoms with Crippen LogP contribution in [-0.2, 0) is 28.1 Å². The zero-order chi connectivity index (χ0) is 28.1. The van der Waals surface area contributed by atoms with E-state index in [0.717, 1.165) is 42.4 Å². The van der Waals surface area contributed by atoms with Crippen LogP contribution in [0.25, 0.3) is 11.0 Å². The monoisotopic (exact) mass is 573 g/mol. The third kappa shape index (κ3) is 4.94. The van der Waals surface area contributed by atoms with Crippen LogP contribution in [0.2, 0.25) is 0 Å². The number of rotatable bonds is 8. The average molecular weight is 574 g/mol. The highest BCUT2D eigenvalue weighted by Crippen LogP contribution is 2.54. The number of carbonyl (C=O) groups is 2.